The zero-order valence-corrected chi connectivity index (χ0v) is 5.80. The molecular weight excluding hydrogens is 134 g/mol. The molecule has 0 saturated carbocycles. The summed E-state index contributed by atoms with van der Waals surface area (Å²) >= 11 is 5.68. The van der Waals surface area contributed by atoms with Gasteiger partial charge in [-0.15, -0.1) is 0 Å². The summed E-state index contributed by atoms with van der Waals surface area (Å²) in [5, 5.41) is 0.763. The number of hydrogen-bond acceptors (Lipinski definition) is 1. The molecule has 0 amide bonds. The van der Waals surface area contributed by atoms with Gasteiger partial charge in [-0.3, -0.25) is 4.99 Å². The lowest BCUT2D eigenvalue weighted by Crippen LogP contribution is -2.00. The second-order valence-electron chi connectivity index (χ2n) is 1.94. The first-order chi connectivity index (χ1) is 4.33. The minimum Gasteiger partial charge on any atom is -0.293 e. The van der Waals surface area contributed by atoms with Crippen molar-refractivity contribution in [3.63, 3.8) is 0 Å². The summed E-state index contributed by atoms with van der Waals surface area (Å²) in [6.07, 6.45) is 6.71. The van der Waals surface area contributed by atoms with Gasteiger partial charge >= 0.3 is 0 Å². The molecular formula is C7H8ClN. The van der Waals surface area contributed by atoms with E-state index >= 15 is 0 Å². The molecule has 48 valence electrons. The van der Waals surface area contributed by atoms with Crippen LogP contribution < -0.4 is 0 Å². The minimum atomic E-state index is 0.197. The first-order valence-electron chi connectivity index (χ1n) is 2.82. The lowest BCUT2D eigenvalue weighted by atomic mass is 10.1. The molecule has 1 aliphatic carbocycles. The molecule has 1 rings (SSSR count). The quantitative estimate of drug-likeness (QED) is 0.496. The van der Waals surface area contributed by atoms with Gasteiger partial charge in [-0.25, -0.2) is 0 Å². The maximum Gasteiger partial charge on any atom is 0.0724 e. The number of aliphatic imine (C=N–C) groups is 1. The normalized spacial score (nSPS) is 25.4. The predicted molar refractivity (Wildman–Crippen MR) is 41.0 cm³/mol. The van der Waals surface area contributed by atoms with Gasteiger partial charge in [0.15, 0.2) is 0 Å². The monoisotopic (exact) mass is 141 g/mol. The number of halogens is 1. The Balaban J connectivity index is 2.65. The molecule has 0 radical (unpaired) electrons. The maximum absolute atomic E-state index is 5.68. The fourth-order valence-electron chi connectivity index (χ4n) is 0.755. The highest BCUT2D eigenvalue weighted by atomic mass is 35.5. The van der Waals surface area contributed by atoms with Gasteiger partial charge in [0.1, 0.15) is 0 Å². The van der Waals surface area contributed by atoms with Gasteiger partial charge < -0.3 is 0 Å². The Bertz CT molecular complexity index is 170. The first-order valence-corrected chi connectivity index (χ1v) is 3.20. The molecule has 0 aromatic rings. The van der Waals surface area contributed by atoms with Crippen molar-refractivity contribution in [2.24, 2.45) is 4.99 Å². The second kappa shape index (κ2) is 2.83. The van der Waals surface area contributed by atoms with E-state index in [4.69, 9.17) is 11.6 Å². The molecule has 0 saturated heterocycles. The van der Waals surface area contributed by atoms with E-state index in [2.05, 4.69) is 11.7 Å². The van der Waals surface area contributed by atoms with Crippen molar-refractivity contribution in [1.82, 2.24) is 0 Å². The minimum absolute atomic E-state index is 0.197. The molecule has 0 heterocycles. The van der Waals surface area contributed by atoms with Gasteiger partial charge in [0.25, 0.3) is 0 Å². The van der Waals surface area contributed by atoms with Crippen molar-refractivity contribution < 1.29 is 0 Å². The summed E-state index contributed by atoms with van der Waals surface area (Å²) in [6, 6.07) is 0.197. The lowest BCUT2D eigenvalue weighted by Gasteiger charge is -2.06. The fraction of sp³-hybridized carbons (Fsp3) is 0.286. The number of hydrogen-bond donors (Lipinski definition) is 0. The highest BCUT2D eigenvalue weighted by molar-refractivity contribution is 6.31. The summed E-state index contributed by atoms with van der Waals surface area (Å²) < 4.78 is 0. The van der Waals surface area contributed by atoms with Gasteiger partial charge in [0.2, 0.25) is 0 Å². The van der Waals surface area contributed by atoms with Crippen LogP contribution in [0.5, 0.6) is 0 Å². The molecule has 2 heteroatoms. The van der Waals surface area contributed by atoms with E-state index in [1.54, 1.807) is 0 Å². The van der Waals surface area contributed by atoms with E-state index in [1.165, 1.54) is 0 Å². The van der Waals surface area contributed by atoms with Crippen LogP contribution in [0.3, 0.4) is 0 Å². The van der Waals surface area contributed by atoms with E-state index in [0.29, 0.717) is 0 Å². The second-order valence-corrected chi connectivity index (χ2v) is 2.38. The van der Waals surface area contributed by atoms with Crippen LogP contribution in [0.2, 0.25) is 0 Å². The highest BCUT2D eigenvalue weighted by Crippen LogP contribution is 2.15. The van der Waals surface area contributed by atoms with Crippen molar-refractivity contribution in [3.05, 3.63) is 23.3 Å². The third-order valence-electron chi connectivity index (χ3n) is 1.24. The predicted octanol–water partition coefficient (Wildman–Crippen LogP) is 2.14. The lowest BCUT2D eigenvalue weighted by molar-refractivity contribution is 0.832. The molecule has 1 nitrogen and oxygen atoms in total. The molecule has 1 unspecified atom stereocenters. The van der Waals surface area contributed by atoms with Crippen molar-refractivity contribution >= 4 is 18.3 Å². The summed E-state index contributed by atoms with van der Waals surface area (Å²) in [5.41, 5.74) is 0. The number of nitrogens with zero attached hydrogens (tertiary/aromatic N) is 1. The molecule has 1 atom stereocenters. The van der Waals surface area contributed by atoms with Crippen LogP contribution in [0.25, 0.3) is 0 Å². The van der Waals surface area contributed by atoms with Crippen molar-refractivity contribution in [3.8, 4) is 0 Å². The zero-order chi connectivity index (χ0) is 6.69. The van der Waals surface area contributed by atoms with Crippen LogP contribution in [-0.2, 0) is 0 Å². The summed E-state index contributed by atoms with van der Waals surface area (Å²) in [5.74, 6) is 0. The Kier molecular flexibility index (Phi) is 2.06. The van der Waals surface area contributed by atoms with E-state index in [-0.39, 0.29) is 6.04 Å². The average molecular weight is 142 g/mol. The number of allylic oxidation sites excluding steroid dienone is 2. The van der Waals surface area contributed by atoms with Crippen molar-refractivity contribution in [2.75, 3.05) is 0 Å². The fourth-order valence-corrected chi connectivity index (χ4v) is 0.989. The van der Waals surface area contributed by atoms with Crippen molar-refractivity contribution in [1.29, 1.82) is 0 Å². The Morgan fingerprint density at radius 1 is 1.78 bits per heavy atom. The molecule has 0 aromatic heterocycles. The van der Waals surface area contributed by atoms with Gasteiger partial charge in [-0.2, -0.15) is 0 Å². The van der Waals surface area contributed by atoms with Crippen LogP contribution in [-0.4, -0.2) is 12.8 Å². The largest absolute Gasteiger partial charge is 0.293 e. The summed E-state index contributed by atoms with van der Waals surface area (Å²) in [7, 11) is 0. The van der Waals surface area contributed by atoms with Gasteiger partial charge in [-0.1, -0.05) is 17.7 Å². The Hall–Kier alpha value is -0.560. The Morgan fingerprint density at radius 2 is 2.56 bits per heavy atom. The third kappa shape index (κ3) is 1.68. The smallest absolute Gasteiger partial charge is 0.0724 e. The first kappa shape index (κ1) is 6.56. The molecule has 0 spiro atoms. The Labute approximate surface area is 59.7 Å². The average Bonchev–Trinajstić information content (AvgIpc) is 1.88. The van der Waals surface area contributed by atoms with Crippen molar-refractivity contribution in [2.45, 2.75) is 12.5 Å². The molecule has 9 heavy (non-hydrogen) atoms. The molecule has 0 bridgehead atoms. The van der Waals surface area contributed by atoms with E-state index in [9.17, 15) is 0 Å². The van der Waals surface area contributed by atoms with Crippen LogP contribution in [0.1, 0.15) is 6.42 Å². The molecule has 0 N–H and O–H groups in total. The SMILES string of the molecule is C=NC1C=C(Cl)C=CC1. The Morgan fingerprint density at radius 3 is 3.00 bits per heavy atom. The highest BCUT2D eigenvalue weighted by Gasteiger charge is 2.03. The maximum atomic E-state index is 5.68. The van der Waals surface area contributed by atoms with Crippen LogP contribution in [0, 0.1) is 0 Å². The third-order valence-corrected chi connectivity index (χ3v) is 1.49. The van der Waals surface area contributed by atoms with Crippen LogP contribution in [0.15, 0.2) is 28.3 Å². The van der Waals surface area contributed by atoms with E-state index < -0.39 is 0 Å². The van der Waals surface area contributed by atoms with Gasteiger partial charge in [-0.05, 0) is 25.3 Å². The van der Waals surface area contributed by atoms with Crippen LogP contribution >= 0.6 is 11.6 Å². The van der Waals surface area contributed by atoms with E-state index in [0.717, 1.165) is 11.5 Å². The van der Waals surface area contributed by atoms with E-state index in [1.807, 2.05) is 18.2 Å². The summed E-state index contributed by atoms with van der Waals surface area (Å²) in [4.78, 5) is 3.84. The number of rotatable bonds is 1. The topological polar surface area (TPSA) is 12.4 Å². The zero-order valence-electron chi connectivity index (χ0n) is 5.05. The van der Waals surface area contributed by atoms with Gasteiger partial charge in [0, 0.05) is 5.03 Å². The standard InChI is InChI=1S/C7H8ClN/c1-9-7-4-2-3-6(8)5-7/h2-3,5,7H,1,4H2. The van der Waals surface area contributed by atoms with Crippen LogP contribution in [0.4, 0.5) is 0 Å². The molecule has 0 aromatic carbocycles. The van der Waals surface area contributed by atoms with Gasteiger partial charge in [0.05, 0.1) is 6.04 Å². The molecule has 1 aliphatic rings. The summed E-state index contributed by atoms with van der Waals surface area (Å²) in [6.45, 7) is 3.43. The molecule has 0 fully saturated rings. The molecule has 0 aliphatic heterocycles.